The molecule has 2 aromatic carbocycles. The van der Waals surface area contributed by atoms with Gasteiger partial charge in [0.2, 0.25) is 0 Å². The maximum Gasteiger partial charge on any atom is 0.267 e. The second kappa shape index (κ2) is 6.53. The van der Waals surface area contributed by atoms with Crippen molar-refractivity contribution >= 4 is 29.1 Å². The van der Waals surface area contributed by atoms with E-state index in [1.165, 1.54) is 4.90 Å². The third-order valence-electron chi connectivity index (χ3n) is 3.96. The number of carbonyl (C=O) groups excluding carboxylic acids is 2. The van der Waals surface area contributed by atoms with Gasteiger partial charge in [0, 0.05) is 24.2 Å². The average Bonchev–Trinajstić information content (AvgIpc) is 2.58. The van der Waals surface area contributed by atoms with E-state index < -0.39 is 6.10 Å². The third kappa shape index (κ3) is 3.08. The van der Waals surface area contributed by atoms with E-state index in [0.29, 0.717) is 28.6 Å². The van der Waals surface area contributed by atoms with Crippen molar-refractivity contribution in [1.82, 2.24) is 5.32 Å². The van der Waals surface area contributed by atoms with E-state index >= 15 is 0 Å². The van der Waals surface area contributed by atoms with Gasteiger partial charge in [0.25, 0.3) is 11.8 Å². The van der Waals surface area contributed by atoms with Crippen molar-refractivity contribution in [2.75, 3.05) is 11.9 Å². The first-order valence-corrected chi connectivity index (χ1v) is 7.95. The molecule has 0 aliphatic carbocycles. The molecule has 0 saturated heterocycles. The Balaban J connectivity index is 1.77. The Bertz CT molecular complexity index is 807. The average molecular weight is 345 g/mol. The molecule has 1 unspecified atom stereocenters. The molecule has 24 heavy (non-hydrogen) atoms. The number of ether oxygens (including phenoxy) is 1. The van der Waals surface area contributed by atoms with Crippen LogP contribution in [0.2, 0.25) is 5.02 Å². The summed E-state index contributed by atoms with van der Waals surface area (Å²) >= 11 is 6.09. The lowest BCUT2D eigenvalue weighted by Crippen LogP contribution is -2.42. The molecule has 3 rings (SSSR count). The van der Waals surface area contributed by atoms with E-state index in [9.17, 15) is 9.59 Å². The van der Waals surface area contributed by atoms with Gasteiger partial charge in [-0.05, 0) is 36.8 Å². The van der Waals surface area contributed by atoms with Crippen molar-refractivity contribution in [3.05, 3.63) is 58.6 Å². The number of likely N-dealkylation sites (N-methyl/N-ethyl adjacent to an activating group) is 1. The van der Waals surface area contributed by atoms with E-state index in [2.05, 4.69) is 5.32 Å². The molecule has 1 N–H and O–H groups in total. The van der Waals surface area contributed by atoms with Gasteiger partial charge < -0.3 is 15.0 Å². The van der Waals surface area contributed by atoms with E-state index in [-0.39, 0.29) is 11.8 Å². The Hall–Kier alpha value is -2.53. The van der Waals surface area contributed by atoms with E-state index in [1.807, 2.05) is 18.2 Å². The summed E-state index contributed by atoms with van der Waals surface area (Å²) in [4.78, 5) is 25.9. The van der Waals surface area contributed by atoms with Crippen LogP contribution in [0.3, 0.4) is 0 Å². The molecule has 1 aliphatic rings. The smallest absolute Gasteiger partial charge is 0.267 e. The van der Waals surface area contributed by atoms with Crippen LogP contribution >= 0.6 is 11.6 Å². The second-order valence-corrected chi connectivity index (χ2v) is 6.02. The summed E-state index contributed by atoms with van der Waals surface area (Å²) in [5.41, 5.74) is 1.89. The summed E-state index contributed by atoms with van der Waals surface area (Å²) in [6, 6.07) is 12.4. The molecule has 1 aliphatic heterocycles. The highest BCUT2D eigenvalue weighted by molar-refractivity contribution is 6.31. The Kier molecular flexibility index (Phi) is 4.44. The highest BCUT2D eigenvalue weighted by Gasteiger charge is 2.29. The zero-order chi connectivity index (χ0) is 17.3. The molecule has 6 heteroatoms. The molecular weight excluding hydrogens is 328 g/mol. The molecule has 1 atom stereocenters. The summed E-state index contributed by atoms with van der Waals surface area (Å²) in [6.45, 7) is 2.03. The van der Waals surface area contributed by atoms with E-state index in [1.54, 1.807) is 38.2 Å². The third-order valence-corrected chi connectivity index (χ3v) is 4.33. The van der Waals surface area contributed by atoms with E-state index in [4.69, 9.17) is 16.3 Å². The number of nitrogens with one attached hydrogen (secondary N) is 1. The lowest BCUT2D eigenvalue weighted by molar-refractivity contribution is -0.125. The van der Waals surface area contributed by atoms with Crippen LogP contribution in [0.1, 0.15) is 22.8 Å². The number of benzene rings is 2. The fourth-order valence-corrected chi connectivity index (χ4v) is 2.77. The van der Waals surface area contributed by atoms with Gasteiger partial charge >= 0.3 is 0 Å². The van der Waals surface area contributed by atoms with Gasteiger partial charge in [0.15, 0.2) is 6.10 Å². The topological polar surface area (TPSA) is 58.6 Å². The minimum atomic E-state index is -0.526. The number of carbonyl (C=O) groups is 2. The fourth-order valence-electron chi connectivity index (χ4n) is 2.57. The molecule has 0 radical (unpaired) electrons. The Labute approximate surface area is 145 Å². The summed E-state index contributed by atoms with van der Waals surface area (Å²) in [5.74, 6) is 0.209. The monoisotopic (exact) mass is 344 g/mol. The summed E-state index contributed by atoms with van der Waals surface area (Å²) in [5, 5.41) is 3.44. The molecule has 0 bridgehead atoms. The van der Waals surface area contributed by atoms with Crippen molar-refractivity contribution < 1.29 is 14.3 Å². The van der Waals surface area contributed by atoms with Gasteiger partial charge in [-0.25, -0.2) is 0 Å². The number of anilines is 1. The number of amides is 2. The van der Waals surface area contributed by atoms with Gasteiger partial charge in [-0.1, -0.05) is 29.8 Å². The molecule has 0 aromatic heterocycles. The molecular formula is C18H17ClN2O3. The van der Waals surface area contributed by atoms with Crippen molar-refractivity contribution in [2.24, 2.45) is 0 Å². The second-order valence-electron chi connectivity index (χ2n) is 5.61. The highest BCUT2D eigenvalue weighted by Crippen LogP contribution is 2.33. The highest BCUT2D eigenvalue weighted by atomic mass is 35.5. The molecule has 124 valence electrons. The van der Waals surface area contributed by atoms with Crippen LogP contribution in [-0.4, -0.2) is 25.0 Å². The van der Waals surface area contributed by atoms with Gasteiger partial charge in [-0.15, -0.1) is 0 Å². The molecule has 0 saturated carbocycles. The van der Waals surface area contributed by atoms with Crippen LogP contribution in [0.4, 0.5) is 5.69 Å². The normalized spacial score (nSPS) is 16.4. The fraction of sp³-hybridized carbons (Fsp3) is 0.222. The first-order valence-electron chi connectivity index (χ1n) is 7.57. The van der Waals surface area contributed by atoms with Crippen LogP contribution in [-0.2, 0) is 11.3 Å². The number of nitrogens with zero attached hydrogens (tertiary/aromatic N) is 1. The predicted octanol–water partition coefficient (Wildman–Crippen LogP) is 3.01. The van der Waals surface area contributed by atoms with E-state index in [0.717, 1.165) is 5.56 Å². The van der Waals surface area contributed by atoms with Gasteiger partial charge in [-0.3, -0.25) is 9.59 Å². The largest absolute Gasteiger partial charge is 0.479 e. The number of fused-ring (bicyclic) bond motifs is 1. The lowest BCUT2D eigenvalue weighted by Gasteiger charge is -2.30. The maximum absolute atomic E-state index is 12.4. The number of rotatable bonds is 3. The van der Waals surface area contributed by atoms with Crippen LogP contribution in [0.25, 0.3) is 0 Å². The Morgan fingerprint density at radius 3 is 2.79 bits per heavy atom. The van der Waals surface area contributed by atoms with Crippen molar-refractivity contribution in [3.8, 4) is 5.75 Å². The SMILES string of the molecule is CC1Oc2ccc(C(=O)NCc3ccccc3Cl)cc2N(C)C1=O. The first-order chi connectivity index (χ1) is 11.5. The van der Waals surface area contributed by atoms with Crippen molar-refractivity contribution in [3.63, 3.8) is 0 Å². The molecule has 0 fully saturated rings. The van der Waals surface area contributed by atoms with Crippen molar-refractivity contribution in [1.29, 1.82) is 0 Å². The van der Waals surface area contributed by atoms with Gasteiger partial charge in [0.05, 0.1) is 5.69 Å². The Morgan fingerprint density at radius 2 is 2.04 bits per heavy atom. The van der Waals surface area contributed by atoms with Gasteiger partial charge in [-0.2, -0.15) is 0 Å². The zero-order valence-electron chi connectivity index (χ0n) is 13.4. The standard InChI is InChI=1S/C18H17ClN2O3/c1-11-18(23)21(2)15-9-12(7-8-16(15)24-11)17(22)20-10-13-5-3-4-6-14(13)19/h3-9,11H,10H2,1-2H3,(H,20,22). The summed E-state index contributed by atoms with van der Waals surface area (Å²) in [6.07, 6.45) is -0.526. The Morgan fingerprint density at radius 1 is 1.29 bits per heavy atom. The minimum Gasteiger partial charge on any atom is -0.479 e. The first kappa shape index (κ1) is 16.3. The van der Waals surface area contributed by atoms with Crippen LogP contribution in [0, 0.1) is 0 Å². The summed E-state index contributed by atoms with van der Waals surface area (Å²) in [7, 11) is 1.67. The molecule has 2 aromatic rings. The number of halogens is 1. The minimum absolute atomic E-state index is 0.142. The number of hydrogen-bond acceptors (Lipinski definition) is 3. The number of hydrogen-bond donors (Lipinski definition) is 1. The predicted molar refractivity (Wildman–Crippen MR) is 92.6 cm³/mol. The van der Waals surface area contributed by atoms with Crippen LogP contribution in [0.15, 0.2) is 42.5 Å². The molecule has 5 nitrogen and oxygen atoms in total. The molecule has 0 spiro atoms. The quantitative estimate of drug-likeness (QED) is 0.931. The lowest BCUT2D eigenvalue weighted by atomic mass is 10.1. The zero-order valence-corrected chi connectivity index (χ0v) is 14.1. The maximum atomic E-state index is 12.4. The molecule has 2 amide bonds. The van der Waals surface area contributed by atoms with Crippen LogP contribution < -0.4 is 15.0 Å². The van der Waals surface area contributed by atoms with Gasteiger partial charge in [0.1, 0.15) is 5.75 Å². The summed E-state index contributed by atoms with van der Waals surface area (Å²) < 4.78 is 5.55. The van der Waals surface area contributed by atoms with Crippen LogP contribution in [0.5, 0.6) is 5.75 Å². The van der Waals surface area contributed by atoms with Crippen molar-refractivity contribution in [2.45, 2.75) is 19.6 Å². The molecule has 1 heterocycles.